The predicted octanol–water partition coefficient (Wildman–Crippen LogP) is 3.44. The van der Waals surface area contributed by atoms with Crippen LogP contribution in [0.25, 0.3) is 5.57 Å². The molecule has 0 radical (unpaired) electrons. The summed E-state index contributed by atoms with van der Waals surface area (Å²) in [5, 5.41) is 0. The van der Waals surface area contributed by atoms with Crippen LogP contribution >= 0.6 is 12.4 Å². The van der Waals surface area contributed by atoms with E-state index >= 15 is 0 Å². The van der Waals surface area contributed by atoms with E-state index < -0.39 is 0 Å². The molecule has 0 fully saturated rings. The molecule has 1 amide bonds. The standard InChI is InChI=1S/C20H22N2O2.ClH/c1-24-16-11-9-15(10-12-16)5-4-7-18-17-6-2-3-8-19(17)22(14-13-21)20(18)23;/h2-3,6-12H,4-5,13-14,21H2,1H3;1H/b18-7+;. The van der Waals surface area contributed by atoms with Crippen LogP contribution in [0.3, 0.4) is 0 Å². The number of benzene rings is 2. The van der Waals surface area contributed by atoms with Gasteiger partial charge in [-0.25, -0.2) is 0 Å². The van der Waals surface area contributed by atoms with Crippen molar-refractivity contribution in [2.24, 2.45) is 5.73 Å². The van der Waals surface area contributed by atoms with Gasteiger partial charge in [-0.3, -0.25) is 4.79 Å². The Bertz CT molecular complexity index is 757. The van der Waals surface area contributed by atoms with E-state index in [9.17, 15) is 4.79 Å². The van der Waals surface area contributed by atoms with Gasteiger partial charge < -0.3 is 15.4 Å². The molecule has 0 unspecified atom stereocenters. The zero-order chi connectivity index (χ0) is 16.9. The zero-order valence-corrected chi connectivity index (χ0v) is 15.1. The van der Waals surface area contributed by atoms with Crippen molar-refractivity contribution in [1.82, 2.24) is 0 Å². The van der Waals surface area contributed by atoms with Crippen LogP contribution in [0.1, 0.15) is 17.5 Å². The Labute approximate surface area is 154 Å². The third-order valence-corrected chi connectivity index (χ3v) is 4.25. The number of halogens is 1. The minimum absolute atomic E-state index is 0. The summed E-state index contributed by atoms with van der Waals surface area (Å²) < 4.78 is 5.17. The Balaban J connectivity index is 0.00000225. The summed E-state index contributed by atoms with van der Waals surface area (Å²) in [7, 11) is 1.66. The van der Waals surface area contributed by atoms with E-state index in [4.69, 9.17) is 10.5 Å². The first-order valence-electron chi connectivity index (χ1n) is 8.19. The maximum Gasteiger partial charge on any atom is 0.258 e. The van der Waals surface area contributed by atoms with E-state index in [0.717, 1.165) is 35.4 Å². The Morgan fingerprint density at radius 1 is 1.12 bits per heavy atom. The lowest BCUT2D eigenvalue weighted by Gasteiger charge is -2.15. The second kappa shape index (κ2) is 8.70. The third kappa shape index (κ3) is 4.03. The topological polar surface area (TPSA) is 55.6 Å². The molecule has 2 N–H and O–H groups in total. The monoisotopic (exact) mass is 358 g/mol. The van der Waals surface area contributed by atoms with Crippen molar-refractivity contribution in [2.45, 2.75) is 12.8 Å². The minimum Gasteiger partial charge on any atom is -0.497 e. The average molecular weight is 359 g/mol. The highest BCUT2D eigenvalue weighted by molar-refractivity contribution is 6.32. The average Bonchev–Trinajstić information content (AvgIpc) is 2.88. The van der Waals surface area contributed by atoms with E-state index in [1.807, 2.05) is 42.5 Å². The smallest absolute Gasteiger partial charge is 0.258 e. The maximum absolute atomic E-state index is 12.7. The van der Waals surface area contributed by atoms with Crippen LogP contribution in [0.2, 0.25) is 0 Å². The highest BCUT2D eigenvalue weighted by atomic mass is 35.5. The second-order valence-electron chi connectivity index (χ2n) is 5.77. The number of fused-ring (bicyclic) bond motifs is 1. The number of para-hydroxylation sites is 1. The fourth-order valence-corrected chi connectivity index (χ4v) is 3.03. The number of nitrogens with two attached hydrogens (primary N) is 1. The Morgan fingerprint density at radius 2 is 1.84 bits per heavy atom. The maximum atomic E-state index is 12.7. The van der Waals surface area contributed by atoms with E-state index in [-0.39, 0.29) is 18.3 Å². The largest absolute Gasteiger partial charge is 0.497 e. The molecule has 3 rings (SSSR count). The Hall–Kier alpha value is -2.30. The van der Waals surface area contributed by atoms with Crippen LogP contribution in [-0.2, 0) is 11.2 Å². The van der Waals surface area contributed by atoms with Crippen LogP contribution in [0.5, 0.6) is 5.75 Å². The number of hydrogen-bond acceptors (Lipinski definition) is 3. The normalized spacial score (nSPS) is 14.4. The van der Waals surface area contributed by atoms with Gasteiger partial charge in [-0.1, -0.05) is 36.4 Å². The van der Waals surface area contributed by atoms with Gasteiger partial charge in [-0.15, -0.1) is 12.4 Å². The molecule has 0 spiro atoms. The number of rotatable bonds is 6. The molecule has 2 aromatic rings. The lowest BCUT2D eigenvalue weighted by molar-refractivity contribution is -0.113. The molecular formula is C20H23ClN2O2. The fourth-order valence-electron chi connectivity index (χ4n) is 3.03. The van der Waals surface area contributed by atoms with Crippen LogP contribution in [0.15, 0.2) is 54.6 Å². The molecule has 25 heavy (non-hydrogen) atoms. The van der Waals surface area contributed by atoms with Gasteiger partial charge in [0.05, 0.1) is 12.8 Å². The molecule has 0 atom stereocenters. The van der Waals surface area contributed by atoms with Crippen molar-refractivity contribution < 1.29 is 9.53 Å². The number of methoxy groups -OCH3 is 1. The summed E-state index contributed by atoms with van der Waals surface area (Å²) in [5.41, 5.74) is 9.63. The van der Waals surface area contributed by atoms with Crippen LogP contribution < -0.4 is 15.4 Å². The first-order chi connectivity index (χ1) is 11.7. The van der Waals surface area contributed by atoms with Gasteiger partial charge in [0.1, 0.15) is 5.75 Å². The number of nitrogens with zero attached hydrogens (tertiary/aromatic N) is 1. The summed E-state index contributed by atoms with van der Waals surface area (Å²) >= 11 is 0. The second-order valence-corrected chi connectivity index (χ2v) is 5.77. The summed E-state index contributed by atoms with van der Waals surface area (Å²) in [6.07, 6.45) is 3.75. The van der Waals surface area contributed by atoms with Crippen molar-refractivity contribution in [3.8, 4) is 5.75 Å². The molecule has 1 heterocycles. The SMILES string of the molecule is COc1ccc(CC/C=C2/C(=O)N(CCN)c3ccccc32)cc1.Cl. The highest BCUT2D eigenvalue weighted by Gasteiger charge is 2.30. The molecule has 132 valence electrons. The Kier molecular flexibility index (Phi) is 6.62. The molecule has 1 aliphatic heterocycles. The number of anilines is 1. The summed E-state index contributed by atoms with van der Waals surface area (Å²) in [4.78, 5) is 14.4. The number of amides is 1. The summed E-state index contributed by atoms with van der Waals surface area (Å²) in [5.74, 6) is 0.908. The van der Waals surface area contributed by atoms with Gasteiger partial charge in [0, 0.05) is 24.2 Å². The van der Waals surface area contributed by atoms with Crippen LogP contribution in [0, 0.1) is 0 Å². The number of carbonyl (C=O) groups excluding carboxylic acids is 1. The molecule has 0 saturated heterocycles. The summed E-state index contributed by atoms with van der Waals surface area (Å²) in [6, 6.07) is 15.9. The number of ether oxygens (including phenoxy) is 1. The zero-order valence-electron chi connectivity index (χ0n) is 14.3. The van der Waals surface area contributed by atoms with Crippen molar-refractivity contribution in [1.29, 1.82) is 0 Å². The third-order valence-electron chi connectivity index (χ3n) is 4.25. The number of aryl methyl sites for hydroxylation is 1. The van der Waals surface area contributed by atoms with E-state index in [2.05, 4.69) is 12.1 Å². The van der Waals surface area contributed by atoms with Crippen molar-refractivity contribution >= 4 is 29.6 Å². The molecule has 0 bridgehead atoms. The molecule has 5 heteroatoms. The van der Waals surface area contributed by atoms with E-state index in [1.165, 1.54) is 5.56 Å². The number of allylic oxidation sites excluding steroid dienone is 1. The minimum atomic E-state index is 0. The Morgan fingerprint density at radius 3 is 2.52 bits per heavy atom. The predicted molar refractivity (Wildman–Crippen MR) is 104 cm³/mol. The van der Waals surface area contributed by atoms with Crippen molar-refractivity contribution in [3.05, 3.63) is 65.7 Å². The molecule has 0 aliphatic carbocycles. The van der Waals surface area contributed by atoms with Gasteiger partial charge in [0.25, 0.3) is 5.91 Å². The molecule has 4 nitrogen and oxygen atoms in total. The molecule has 0 aromatic heterocycles. The van der Waals surface area contributed by atoms with Gasteiger partial charge in [-0.2, -0.15) is 0 Å². The van der Waals surface area contributed by atoms with Crippen LogP contribution in [-0.4, -0.2) is 26.1 Å². The van der Waals surface area contributed by atoms with Gasteiger partial charge in [0.2, 0.25) is 0 Å². The molecule has 0 saturated carbocycles. The van der Waals surface area contributed by atoms with Crippen molar-refractivity contribution in [3.63, 3.8) is 0 Å². The summed E-state index contributed by atoms with van der Waals surface area (Å²) in [6.45, 7) is 1.00. The van der Waals surface area contributed by atoms with Crippen LogP contribution in [0.4, 0.5) is 5.69 Å². The first-order valence-corrected chi connectivity index (χ1v) is 8.19. The lowest BCUT2D eigenvalue weighted by atomic mass is 10.0. The quantitative estimate of drug-likeness (QED) is 0.805. The molecule has 2 aromatic carbocycles. The van der Waals surface area contributed by atoms with E-state index in [1.54, 1.807) is 12.0 Å². The number of carbonyl (C=O) groups is 1. The van der Waals surface area contributed by atoms with Gasteiger partial charge in [0.15, 0.2) is 0 Å². The van der Waals surface area contributed by atoms with Gasteiger partial charge >= 0.3 is 0 Å². The van der Waals surface area contributed by atoms with Gasteiger partial charge in [-0.05, 0) is 36.6 Å². The molecule has 1 aliphatic rings. The highest BCUT2D eigenvalue weighted by Crippen LogP contribution is 2.36. The van der Waals surface area contributed by atoms with E-state index in [0.29, 0.717) is 13.1 Å². The fraction of sp³-hybridized carbons (Fsp3) is 0.250. The lowest BCUT2D eigenvalue weighted by Crippen LogP contribution is -2.31. The first kappa shape index (κ1) is 19.0. The number of hydrogen-bond donors (Lipinski definition) is 1. The molecular weight excluding hydrogens is 336 g/mol. The van der Waals surface area contributed by atoms with Crippen molar-refractivity contribution in [2.75, 3.05) is 25.1 Å².